The van der Waals surface area contributed by atoms with Gasteiger partial charge in [-0.1, -0.05) is 30.3 Å². The molecule has 122 valence electrons. The summed E-state index contributed by atoms with van der Waals surface area (Å²) in [6.45, 7) is 5.23. The van der Waals surface area contributed by atoms with Crippen LogP contribution < -0.4 is 4.57 Å². The fourth-order valence-electron chi connectivity index (χ4n) is 3.33. The predicted molar refractivity (Wildman–Crippen MR) is 88.9 cm³/mol. The number of hydrogen-bond acceptors (Lipinski definition) is 3. The third-order valence-electron chi connectivity index (χ3n) is 4.83. The minimum Gasteiger partial charge on any atom is -0.379 e. The van der Waals surface area contributed by atoms with Crippen molar-refractivity contribution >= 4 is 0 Å². The largest absolute Gasteiger partial charge is 0.379 e. The molecule has 1 aliphatic heterocycles. The molecule has 1 aromatic heterocycles. The second-order valence-electron chi connectivity index (χ2n) is 6.21. The predicted octanol–water partition coefficient (Wildman–Crippen LogP) is 1.47. The standard InChI is InChI=1S/C19H25N2O2/c1-16(21-12-14-23-15-13-21)19(22,17-6-4-3-5-7-17)18-8-10-20(2)11-9-18/h3-11,16,22H,12-15H2,1-2H3/q+1. The fraction of sp³-hybridized carbons (Fsp3) is 0.421. The molecule has 1 fully saturated rings. The number of hydrogen-bond donors (Lipinski definition) is 1. The molecule has 1 saturated heterocycles. The lowest BCUT2D eigenvalue weighted by Crippen LogP contribution is -2.53. The highest BCUT2D eigenvalue weighted by Gasteiger charge is 2.41. The van der Waals surface area contributed by atoms with Crippen molar-refractivity contribution in [3.63, 3.8) is 0 Å². The maximum atomic E-state index is 11.8. The number of morpholine rings is 1. The molecule has 1 aromatic carbocycles. The van der Waals surface area contributed by atoms with Crippen molar-refractivity contribution in [1.29, 1.82) is 0 Å². The van der Waals surface area contributed by atoms with Crippen LogP contribution in [0, 0.1) is 0 Å². The molecular weight excluding hydrogens is 288 g/mol. The number of aliphatic hydroxyl groups is 1. The molecule has 4 heteroatoms. The Morgan fingerprint density at radius 2 is 1.61 bits per heavy atom. The smallest absolute Gasteiger partial charge is 0.168 e. The molecule has 0 amide bonds. The van der Waals surface area contributed by atoms with Crippen molar-refractivity contribution in [1.82, 2.24) is 4.90 Å². The van der Waals surface area contributed by atoms with Gasteiger partial charge in [0.15, 0.2) is 12.4 Å². The van der Waals surface area contributed by atoms with E-state index in [1.165, 1.54) is 0 Å². The van der Waals surface area contributed by atoms with Gasteiger partial charge in [0, 0.05) is 36.8 Å². The molecule has 0 bridgehead atoms. The lowest BCUT2D eigenvalue weighted by molar-refractivity contribution is -0.671. The maximum Gasteiger partial charge on any atom is 0.168 e. The molecule has 0 spiro atoms. The van der Waals surface area contributed by atoms with Crippen molar-refractivity contribution in [2.75, 3.05) is 26.3 Å². The van der Waals surface area contributed by atoms with E-state index in [0.29, 0.717) is 0 Å². The highest BCUT2D eigenvalue weighted by atomic mass is 16.5. The highest BCUT2D eigenvalue weighted by Crippen LogP contribution is 2.35. The number of aryl methyl sites for hydroxylation is 1. The fourth-order valence-corrected chi connectivity index (χ4v) is 3.33. The minimum atomic E-state index is -1.05. The van der Waals surface area contributed by atoms with E-state index in [4.69, 9.17) is 4.74 Å². The van der Waals surface area contributed by atoms with E-state index in [1.54, 1.807) is 0 Å². The zero-order valence-corrected chi connectivity index (χ0v) is 13.9. The Hall–Kier alpha value is -1.75. The van der Waals surface area contributed by atoms with Crippen LogP contribution in [0.5, 0.6) is 0 Å². The molecule has 3 rings (SSSR count). The highest BCUT2D eigenvalue weighted by molar-refractivity contribution is 5.36. The summed E-state index contributed by atoms with van der Waals surface area (Å²) in [6, 6.07) is 13.9. The van der Waals surface area contributed by atoms with Crippen molar-refractivity contribution in [2.45, 2.75) is 18.6 Å². The summed E-state index contributed by atoms with van der Waals surface area (Å²) in [7, 11) is 1.98. The van der Waals surface area contributed by atoms with Gasteiger partial charge in [0.05, 0.1) is 13.2 Å². The Balaban J connectivity index is 2.04. The molecule has 0 saturated carbocycles. The summed E-state index contributed by atoms with van der Waals surface area (Å²) in [4.78, 5) is 2.31. The van der Waals surface area contributed by atoms with Crippen LogP contribution in [0.4, 0.5) is 0 Å². The zero-order chi connectivity index (χ0) is 16.3. The first-order valence-corrected chi connectivity index (χ1v) is 8.18. The molecule has 23 heavy (non-hydrogen) atoms. The summed E-state index contributed by atoms with van der Waals surface area (Å²) in [5.74, 6) is 0. The van der Waals surface area contributed by atoms with Crippen LogP contribution in [0.2, 0.25) is 0 Å². The van der Waals surface area contributed by atoms with E-state index in [1.807, 2.05) is 66.5 Å². The molecule has 2 unspecified atom stereocenters. The number of aromatic nitrogens is 1. The number of nitrogens with zero attached hydrogens (tertiary/aromatic N) is 2. The lowest BCUT2D eigenvalue weighted by atomic mass is 9.80. The topological polar surface area (TPSA) is 36.6 Å². The van der Waals surface area contributed by atoms with Gasteiger partial charge in [0.2, 0.25) is 0 Å². The van der Waals surface area contributed by atoms with Crippen LogP contribution in [-0.4, -0.2) is 42.4 Å². The maximum absolute atomic E-state index is 11.8. The zero-order valence-electron chi connectivity index (χ0n) is 13.9. The molecule has 2 atom stereocenters. The van der Waals surface area contributed by atoms with E-state index in [-0.39, 0.29) is 6.04 Å². The summed E-state index contributed by atoms with van der Waals surface area (Å²) >= 11 is 0. The molecule has 2 heterocycles. The Morgan fingerprint density at radius 1 is 1.04 bits per heavy atom. The summed E-state index contributed by atoms with van der Waals surface area (Å²) in [5.41, 5.74) is 0.793. The second kappa shape index (κ2) is 6.79. The van der Waals surface area contributed by atoms with Gasteiger partial charge in [-0.25, -0.2) is 4.57 Å². The Bertz CT molecular complexity index is 624. The van der Waals surface area contributed by atoms with Gasteiger partial charge < -0.3 is 9.84 Å². The molecule has 0 radical (unpaired) electrons. The first-order chi connectivity index (χ1) is 11.1. The molecule has 0 aliphatic carbocycles. The van der Waals surface area contributed by atoms with Crippen molar-refractivity contribution in [3.8, 4) is 0 Å². The van der Waals surface area contributed by atoms with Crippen LogP contribution >= 0.6 is 0 Å². The molecule has 2 aromatic rings. The van der Waals surface area contributed by atoms with Gasteiger partial charge in [0.25, 0.3) is 0 Å². The third-order valence-corrected chi connectivity index (χ3v) is 4.83. The van der Waals surface area contributed by atoms with Gasteiger partial charge in [-0.3, -0.25) is 4.90 Å². The van der Waals surface area contributed by atoms with Crippen LogP contribution in [0.25, 0.3) is 0 Å². The van der Waals surface area contributed by atoms with Crippen LogP contribution in [0.1, 0.15) is 18.1 Å². The van der Waals surface area contributed by atoms with Gasteiger partial charge >= 0.3 is 0 Å². The Kier molecular flexibility index (Phi) is 4.76. The Labute approximate surface area is 137 Å². The van der Waals surface area contributed by atoms with Gasteiger partial charge in [0.1, 0.15) is 12.6 Å². The van der Waals surface area contributed by atoms with Crippen LogP contribution in [-0.2, 0) is 17.4 Å². The Morgan fingerprint density at radius 3 is 2.22 bits per heavy atom. The number of pyridine rings is 1. The van der Waals surface area contributed by atoms with Crippen molar-refractivity contribution in [3.05, 3.63) is 66.0 Å². The van der Waals surface area contributed by atoms with E-state index >= 15 is 0 Å². The van der Waals surface area contributed by atoms with Gasteiger partial charge in [-0.05, 0) is 12.5 Å². The van der Waals surface area contributed by atoms with Crippen molar-refractivity contribution < 1.29 is 14.4 Å². The lowest BCUT2D eigenvalue weighted by Gasteiger charge is -2.43. The van der Waals surface area contributed by atoms with Gasteiger partial charge in [-0.15, -0.1) is 0 Å². The minimum absolute atomic E-state index is 0.0403. The monoisotopic (exact) mass is 313 g/mol. The summed E-state index contributed by atoms with van der Waals surface area (Å²) in [5, 5.41) is 11.8. The quantitative estimate of drug-likeness (QED) is 0.869. The average molecular weight is 313 g/mol. The van der Waals surface area contributed by atoms with E-state index < -0.39 is 5.60 Å². The van der Waals surface area contributed by atoms with Gasteiger partial charge in [-0.2, -0.15) is 0 Å². The number of benzene rings is 1. The normalized spacial score (nSPS) is 20.0. The van der Waals surface area contributed by atoms with Crippen LogP contribution in [0.15, 0.2) is 54.9 Å². The second-order valence-corrected chi connectivity index (χ2v) is 6.21. The summed E-state index contributed by atoms with van der Waals surface area (Å²) in [6.07, 6.45) is 3.96. The third kappa shape index (κ3) is 3.15. The first kappa shape index (κ1) is 16.1. The average Bonchev–Trinajstić information content (AvgIpc) is 2.62. The molecule has 1 aliphatic rings. The number of rotatable bonds is 4. The SMILES string of the molecule is CC(N1CCOCC1)C(O)(c1ccccc1)c1cc[n+](C)cc1. The number of ether oxygens (including phenoxy) is 1. The van der Waals surface area contributed by atoms with E-state index in [9.17, 15) is 5.11 Å². The van der Waals surface area contributed by atoms with Crippen LogP contribution in [0.3, 0.4) is 0 Å². The summed E-state index contributed by atoms with van der Waals surface area (Å²) < 4.78 is 7.44. The van der Waals surface area contributed by atoms with E-state index in [0.717, 1.165) is 37.4 Å². The van der Waals surface area contributed by atoms with E-state index in [2.05, 4.69) is 11.8 Å². The van der Waals surface area contributed by atoms with Crippen molar-refractivity contribution in [2.24, 2.45) is 7.05 Å². The molecular formula is C19H25N2O2+. The molecule has 4 nitrogen and oxygen atoms in total. The first-order valence-electron chi connectivity index (χ1n) is 8.18. The molecule has 1 N–H and O–H groups in total.